The maximum Gasteiger partial charge on any atom is 0.235 e. The Hall–Kier alpha value is -1.80. The third-order valence-electron chi connectivity index (χ3n) is 2.57. The van der Waals surface area contributed by atoms with Crippen molar-refractivity contribution in [1.29, 1.82) is 0 Å². The van der Waals surface area contributed by atoms with Crippen molar-refractivity contribution in [2.75, 3.05) is 13.2 Å². The normalized spacial score (nSPS) is 16.8. The topological polar surface area (TPSA) is 47.9 Å². The number of aliphatic imine (C=N–C) groups is 1. The Morgan fingerprint density at radius 1 is 1.29 bits per heavy atom. The van der Waals surface area contributed by atoms with Gasteiger partial charge in [-0.1, -0.05) is 19.9 Å². The highest BCUT2D eigenvalue weighted by atomic mass is 16.5. The van der Waals surface area contributed by atoms with E-state index >= 15 is 0 Å². The summed E-state index contributed by atoms with van der Waals surface area (Å²) >= 11 is 0. The summed E-state index contributed by atoms with van der Waals surface area (Å²) in [4.78, 5) is 13.6. The summed E-state index contributed by atoms with van der Waals surface area (Å²) in [5, 5.41) is 0. The molecular formula is C13H15NO3. The SMILES string of the molecule is CC1(C)COc2ccc(CN=C=O)cc2OC1. The van der Waals surface area contributed by atoms with Crippen LogP contribution >= 0.6 is 0 Å². The minimum absolute atomic E-state index is 0.000131. The van der Waals surface area contributed by atoms with Gasteiger partial charge in [0.1, 0.15) is 0 Å². The fourth-order valence-corrected chi connectivity index (χ4v) is 1.59. The highest BCUT2D eigenvalue weighted by Gasteiger charge is 2.25. The first kappa shape index (κ1) is 11.7. The summed E-state index contributed by atoms with van der Waals surface area (Å²) in [6, 6.07) is 5.59. The Morgan fingerprint density at radius 2 is 2.00 bits per heavy atom. The number of carbonyl (C=O) groups excluding carboxylic acids is 1. The van der Waals surface area contributed by atoms with Gasteiger partial charge in [-0.05, 0) is 17.7 Å². The van der Waals surface area contributed by atoms with Crippen LogP contribution in [0.15, 0.2) is 23.2 Å². The smallest absolute Gasteiger partial charge is 0.235 e. The number of fused-ring (bicyclic) bond motifs is 1. The molecule has 0 spiro atoms. The fourth-order valence-electron chi connectivity index (χ4n) is 1.59. The number of hydrogen-bond donors (Lipinski definition) is 0. The largest absolute Gasteiger partial charge is 0.489 e. The molecular weight excluding hydrogens is 218 g/mol. The van der Waals surface area contributed by atoms with E-state index in [-0.39, 0.29) is 5.41 Å². The molecule has 1 aliphatic rings. The molecule has 0 atom stereocenters. The molecule has 0 saturated heterocycles. The number of benzene rings is 1. The summed E-state index contributed by atoms with van der Waals surface area (Å²) < 4.78 is 11.4. The summed E-state index contributed by atoms with van der Waals surface area (Å²) in [5.74, 6) is 1.46. The number of hydrogen-bond acceptors (Lipinski definition) is 4. The second kappa shape index (κ2) is 4.60. The Morgan fingerprint density at radius 3 is 2.71 bits per heavy atom. The van der Waals surface area contributed by atoms with E-state index in [0.29, 0.717) is 25.5 Å². The summed E-state index contributed by atoms with van der Waals surface area (Å²) in [5.41, 5.74) is 0.913. The van der Waals surface area contributed by atoms with E-state index in [9.17, 15) is 4.79 Å². The van der Waals surface area contributed by atoms with E-state index in [1.54, 1.807) is 0 Å². The van der Waals surface area contributed by atoms with Gasteiger partial charge in [0.05, 0.1) is 19.8 Å². The van der Waals surface area contributed by atoms with Gasteiger partial charge in [0, 0.05) is 5.41 Å². The van der Waals surface area contributed by atoms with Gasteiger partial charge in [-0.3, -0.25) is 0 Å². The lowest BCUT2D eigenvalue weighted by molar-refractivity contribution is 0.140. The van der Waals surface area contributed by atoms with Crippen molar-refractivity contribution >= 4 is 6.08 Å². The third kappa shape index (κ3) is 2.86. The van der Waals surface area contributed by atoms with Crippen LogP contribution in [0.4, 0.5) is 0 Å². The zero-order valence-electron chi connectivity index (χ0n) is 10.0. The number of rotatable bonds is 2. The van der Waals surface area contributed by atoms with Crippen LogP contribution in [0.2, 0.25) is 0 Å². The van der Waals surface area contributed by atoms with E-state index in [4.69, 9.17) is 9.47 Å². The molecule has 0 amide bonds. The van der Waals surface area contributed by atoms with Crippen LogP contribution in [0, 0.1) is 5.41 Å². The van der Waals surface area contributed by atoms with Gasteiger partial charge in [-0.2, -0.15) is 0 Å². The summed E-state index contributed by atoms with van der Waals surface area (Å²) in [7, 11) is 0. The van der Waals surface area contributed by atoms with E-state index in [2.05, 4.69) is 18.8 Å². The Balaban J connectivity index is 2.22. The van der Waals surface area contributed by atoms with Crippen LogP contribution in [0.5, 0.6) is 11.5 Å². The molecule has 1 heterocycles. The lowest BCUT2D eigenvalue weighted by atomic mass is 9.97. The van der Waals surface area contributed by atoms with Gasteiger partial charge in [0.15, 0.2) is 11.5 Å². The predicted molar refractivity (Wildman–Crippen MR) is 63.0 cm³/mol. The first-order chi connectivity index (χ1) is 8.11. The molecule has 1 aliphatic heterocycles. The molecule has 0 saturated carbocycles. The van der Waals surface area contributed by atoms with E-state index in [0.717, 1.165) is 11.3 Å². The molecule has 0 aromatic heterocycles. The average Bonchev–Trinajstić information content (AvgIpc) is 2.46. The van der Waals surface area contributed by atoms with Crippen molar-refractivity contribution in [2.24, 2.45) is 10.4 Å². The first-order valence-corrected chi connectivity index (χ1v) is 5.53. The zero-order chi connectivity index (χ0) is 12.3. The predicted octanol–water partition coefficient (Wildman–Crippen LogP) is 2.32. The molecule has 90 valence electrons. The van der Waals surface area contributed by atoms with Crippen LogP contribution < -0.4 is 9.47 Å². The Labute approximate surface area is 100 Å². The zero-order valence-corrected chi connectivity index (χ0v) is 10.0. The first-order valence-electron chi connectivity index (χ1n) is 5.53. The van der Waals surface area contributed by atoms with Crippen molar-refractivity contribution in [1.82, 2.24) is 0 Å². The molecule has 4 nitrogen and oxygen atoms in total. The molecule has 0 N–H and O–H groups in total. The second-order valence-corrected chi connectivity index (χ2v) is 4.93. The van der Waals surface area contributed by atoms with Crippen molar-refractivity contribution in [2.45, 2.75) is 20.4 Å². The molecule has 0 unspecified atom stereocenters. The minimum Gasteiger partial charge on any atom is -0.489 e. The number of nitrogens with zero attached hydrogens (tertiary/aromatic N) is 1. The van der Waals surface area contributed by atoms with Crippen LogP contribution in [0.25, 0.3) is 0 Å². The molecule has 0 radical (unpaired) electrons. The minimum atomic E-state index is 0.000131. The fraction of sp³-hybridized carbons (Fsp3) is 0.462. The standard InChI is InChI=1S/C13H15NO3/c1-13(2)7-16-11-4-3-10(6-14-9-15)5-12(11)17-8-13/h3-5H,6-8H2,1-2H3. The van der Waals surface area contributed by atoms with Crippen LogP contribution in [0.1, 0.15) is 19.4 Å². The van der Waals surface area contributed by atoms with E-state index in [1.165, 1.54) is 6.08 Å². The molecule has 1 aromatic carbocycles. The van der Waals surface area contributed by atoms with Crippen molar-refractivity contribution in [3.63, 3.8) is 0 Å². The van der Waals surface area contributed by atoms with Gasteiger partial charge >= 0.3 is 0 Å². The third-order valence-corrected chi connectivity index (χ3v) is 2.57. The van der Waals surface area contributed by atoms with Crippen LogP contribution in [0.3, 0.4) is 0 Å². The van der Waals surface area contributed by atoms with E-state index < -0.39 is 0 Å². The number of ether oxygens (including phenoxy) is 2. The lowest BCUT2D eigenvalue weighted by Gasteiger charge is -2.19. The van der Waals surface area contributed by atoms with Crippen molar-refractivity contribution in [3.05, 3.63) is 23.8 Å². The van der Waals surface area contributed by atoms with Crippen molar-refractivity contribution < 1.29 is 14.3 Å². The highest BCUT2D eigenvalue weighted by molar-refractivity contribution is 5.44. The molecule has 4 heteroatoms. The van der Waals surface area contributed by atoms with Crippen molar-refractivity contribution in [3.8, 4) is 11.5 Å². The maximum atomic E-state index is 10.1. The van der Waals surface area contributed by atoms with Gasteiger partial charge in [-0.15, -0.1) is 0 Å². The van der Waals surface area contributed by atoms with Gasteiger partial charge in [-0.25, -0.2) is 9.79 Å². The summed E-state index contributed by atoms with van der Waals surface area (Å²) in [6.07, 6.45) is 1.52. The second-order valence-electron chi connectivity index (χ2n) is 4.93. The Bertz CT molecular complexity index is 462. The van der Waals surface area contributed by atoms with Crippen LogP contribution in [-0.2, 0) is 11.3 Å². The van der Waals surface area contributed by atoms with Crippen LogP contribution in [-0.4, -0.2) is 19.3 Å². The highest BCUT2D eigenvalue weighted by Crippen LogP contribution is 2.34. The molecule has 1 aromatic rings. The van der Waals surface area contributed by atoms with Gasteiger partial charge in [0.25, 0.3) is 0 Å². The van der Waals surface area contributed by atoms with Gasteiger partial charge < -0.3 is 9.47 Å². The van der Waals surface area contributed by atoms with Gasteiger partial charge in [0.2, 0.25) is 6.08 Å². The summed E-state index contributed by atoms with van der Waals surface area (Å²) in [6.45, 7) is 5.75. The molecule has 2 rings (SSSR count). The monoisotopic (exact) mass is 233 g/mol. The van der Waals surface area contributed by atoms with E-state index in [1.807, 2.05) is 18.2 Å². The molecule has 0 fully saturated rings. The Kier molecular flexibility index (Phi) is 3.16. The number of isocyanates is 1. The molecule has 0 aliphatic carbocycles. The molecule has 17 heavy (non-hydrogen) atoms. The molecule has 0 bridgehead atoms. The lowest BCUT2D eigenvalue weighted by Crippen LogP contribution is -2.26. The maximum absolute atomic E-state index is 10.1. The average molecular weight is 233 g/mol. The quantitative estimate of drug-likeness (QED) is 0.581.